The van der Waals surface area contributed by atoms with Gasteiger partial charge in [-0.05, 0) is 23.3 Å². The van der Waals surface area contributed by atoms with E-state index in [0.717, 1.165) is 11.5 Å². The molecule has 4 unspecified atom stereocenters. The van der Waals surface area contributed by atoms with Crippen molar-refractivity contribution in [3.8, 4) is 0 Å². The second-order valence-electron chi connectivity index (χ2n) is 9.07. The van der Waals surface area contributed by atoms with Crippen molar-refractivity contribution in [2.24, 2.45) is 5.92 Å². The Bertz CT molecular complexity index is 1300. The van der Waals surface area contributed by atoms with E-state index in [4.69, 9.17) is 11.6 Å². The van der Waals surface area contributed by atoms with Gasteiger partial charge in [0.05, 0.1) is 11.9 Å². The predicted molar refractivity (Wildman–Crippen MR) is 128 cm³/mol. The molecule has 0 fully saturated rings. The van der Waals surface area contributed by atoms with Gasteiger partial charge in [0.25, 0.3) is 0 Å². The summed E-state index contributed by atoms with van der Waals surface area (Å²) in [5, 5.41) is 0. The highest BCUT2D eigenvalue weighted by Gasteiger charge is 2.56. The SMILES string of the molecule is C=C1c2ccccc2N2c3ncncc3N(C)C2C2C1c1ccccc1N1C=CN(C)C21. The van der Waals surface area contributed by atoms with Crippen LogP contribution in [0.3, 0.4) is 0 Å². The van der Waals surface area contributed by atoms with Crippen LogP contribution in [0.25, 0.3) is 5.57 Å². The summed E-state index contributed by atoms with van der Waals surface area (Å²) in [4.78, 5) is 18.7. The van der Waals surface area contributed by atoms with Gasteiger partial charge in [-0.2, -0.15) is 0 Å². The van der Waals surface area contributed by atoms with Crippen LogP contribution >= 0.6 is 0 Å². The van der Waals surface area contributed by atoms with Crippen LogP contribution in [0, 0.1) is 5.92 Å². The van der Waals surface area contributed by atoms with Crippen LogP contribution in [0.5, 0.6) is 0 Å². The fourth-order valence-corrected chi connectivity index (χ4v) is 6.34. The fraction of sp³-hybridized carbons (Fsp3) is 0.231. The van der Waals surface area contributed by atoms with Crippen LogP contribution in [-0.2, 0) is 0 Å². The molecule has 6 heteroatoms. The molecule has 5 heterocycles. The summed E-state index contributed by atoms with van der Waals surface area (Å²) in [6.07, 6.45) is 8.26. The van der Waals surface area contributed by atoms with Gasteiger partial charge in [0.1, 0.15) is 24.3 Å². The molecule has 0 aliphatic carbocycles. The van der Waals surface area contributed by atoms with Crippen molar-refractivity contribution in [1.82, 2.24) is 14.9 Å². The number of nitrogens with zero attached hydrogens (tertiary/aromatic N) is 6. The van der Waals surface area contributed by atoms with Gasteiger partial charge in [0.2, 0.25) is 0 Å². The van der Waals surface area contributed by atoms with E-state index in [2.05, 4.69) is 99.6 Å². The molecule has 6 nitrogen and oxygen atoms in total. The summed E-state index contributed by atoms with van der Waals surface area (Å²) >= 11 is 0. The number of allylic oxidation sites excluding steroid dienone is 1. The van der Waals surface area contributed by atoms with Gasteiger partial charge in [-0.3, -0.25) is 0 Å². The zero-order valence-corrected chi connectivity index (χ0v) is 18.1. The Morgan fingerprint density at radius 2 is 1.66 bits per heavy atom. The van der Waals surface area contributed by atoms with E-state index in [1.54, 1.807) is 6.33 Å². The highest BCUT2D eigenvalue weighted by molar-refractivity contribution is 5.91. The third-order valence-corrected chi connectivity index (χ3v) is 7.62. The van der Waals surface area contributed by atoms with Gasteiger partial charge in [-0.15, -0.1) is 0 Å². The minimum atomic E-state index is 0.0790. The Morgan fingerprint density at radius 3 is 2.53 bits per heavy atom. The number of anilines is 4. The maximum absolute atomic E-state index is 4.75. The summed E-state index contributed by atoms with van der Waals surface area (Å²) in [7, 11) is 4.35. The Morgan fingerprint density at radius 1 is 0.875 bits per heavy atom. The van der Waals surface area contributed by atoms with Gasteiger partial charge < -0.3 is 19.6 Å². The smallest absolute Gasteiger partial charge is 0.161 e. The molecule has 32 heavy (non-hydrogen) atoms. The zero-order valence-electron chi connectivity index (χ0n) is 18.1. The first kappa shape index (κ1) is 17.8. The van der Waals surface area contributed by atoms with Crippen molar-refractivity contribution in [2.75, 3.05) is 28.8 Å². The molecule has 0 radical (unpaired) electrons. The Labute approximate surface area is 187 Å². The number of rotatable bonds is 0. The number of fused-ring (bicyclic) bond motifs is 12. The molecule has 3 aromatic rings. The molecule has 0 bridgehead atoms. The van der Waals surface area contributed by atoms with Crippen LogP contribution in [0.15, 0.2) is 80.0 Å². The van der Waals surface area contributed by atoms with Crippen molar-refractivity contribution in [1.29, 1.82) is 0 Å². The molecule has 4 aliphatic rings. The molecule has 7 rings (SSSR count). The second kappa shape index (κ2) is 6.13. The molecular formula is C26H24N6. The van der Waals surface area contributed by atoms with E-state index in [0.29, 0.717) is 0 Å². The molecule has 4 aliphatic heterocycles. The molecule has 4 atom stereocenters. The van der Waals surface area contributed by atoms with Gasteiger partial charge >= 0.3 is 0 Å². The van der Waals surface area contributed by atoms with Crippen LogP contribution < -0.4 is 14.7 Å². The Hall–Kier alpha value is -3.80. The average molecular weight is 421 g/mol. The van der Waals surface area contributed by atoms with E-state index in [9.17, 15) is 0 Å². The molecule has 0 saturated heterocycles. The highest BCUT2D eigenvalue weighted by atomic mass is 15.5. The van der Waals surface area contributed by atoms with Crippen molar-refractivity contribution in [3.63, 3.8) is 0 Å². The Kier molecular flexibility index (Phi) is 3.42. The van der Waals surface area contributed by atoms with Crippen molar-refractivity contribution in [3.05, 3.63) is 91.2 Å². The van der Waals surface area contributed by atoms with Crippen molar-refractivity contribution >= 4 is 28.5 Å². The van der Waals surface area contributed by atoms with Crippen LogP contribution in [-0.4, -0.2) is 41.3 Å². The minimum Gasteiger partial charge on any atom is -0.358 e. The monoisotopic (exact) mass is 420 g/mol. The first-order valence-electron chi connectivity index (χ1n) is 11.0. The molecular weight excluding hydrogens is 396 g/mol. The number of aromatic nitrogens is 2. The van der Waals surface area contributed by atoms with Gasteiger partial charge in [0.15, 0.2) is 5.82 Å². The number of hydrogen-bond acceptors (Lipinski definition) is 6. The van der Waals surface area contributed by atoms with Crippen molar-refractivity contribution in [2.45, 2.75) is 18.2 Å². The lowest BCUT2D eigenvalue weighted by Gasteiger charge is -2.50. The summed E-state index contributed by atoms with van der Waals surface area (Å²) in [6.45, 7) is 4.71. The van der Waals surface area contributed by atoms with E-state index in [1.807, 2.05) is 6.20 Å². The molecule has 0 spiro atoms. The number of hydrogen-bond donors (Lipinski definition) is 0. The summed E-state index contributed by atoms with van der Waals surface area (Å²) < 4.78 is 0. The third-order valence-electron chi connectivity index (χ3n) is 7.62. The normalized spacial score (nSPS) is 26.8. The predicted octanol–water partition coefficient (Wildman–Crippen LogP) is 4.38. The van der Waals surface area contributed by atoms with Gasteiger partial charge in [-0.1, -0.05) is 43.0 Å². The standard InChI is InChI=1S/C26H24N6/c1-16-17-8-4-7-11-20(17)32-24-21(14-27-15-28-24)30(3)26(32)23-22(16)18-9-5-6-10-19(18)31-13-12-29(2)25(23)31/h4-15,22-23,25-26H,1H2,2-3H3. The van der Waals surface area contributed by atoms with E-state index in [1.165, 1.54) is 28.1 Å². The first-order chi connectivity index (χ1) is 15.7. The fourth-order valence-electron chi connectivity index (χ4n) is 6.34. The first-order valence-corrected chi connectivity index (χ1v) is 11.0. The molecule has 0 amide bonds. The molecule has 1 aromatic heterocycles. The van der Waals surface area contributed by atoms with E-state index >= 15 is 0 Å². The van der Waals surface area contributed by atoms with Crippen molar-refractivity contribution < 1.29 is 0 Å². The maximum atomic E-state index is 4.75. The van der Waals surface area contributed by atoms with Gasteiger partial charge in [-0.25, -0.2) is 9.97 Å². The molecule has 2 aromatic carbocycles. The van der Waals surface area contributed by atoms with Gasteiger partial charge in [0, 0.05) is 49.6 Å². The van der Waals surface area contributed by atoms with Crippen LogP contribution in [0.1, 0.15) is 17.0 Å². The van der Waals surface area contributed by atoms with Crippen LogP contribution in [0.4, 0.5) is 22.9 Å². The summed E-state index contributed by atoms with van der Waals surface area (Å²) in [5.74, 6) is 1.37. The molecule has 158 valence electrons. The van der Waals surface area contributed by atoms with Crippen LogP contribution in [0.2, 0.25) is 0 Å². The Balaban J connectivity index is 1.55. The quantitative estimate of drug-likeness (QED) is 0.537. The largest absolute Gasteiger partial charge is 0.358 e. The third kappa shape index (κ3) is 2.04. The highest BCUT2D eigenvalue weighted by Crippen LogP contribution is 2.59. The second-order valence-corrected chi connectivity index (χ2v) is 9.07. The number of benzene rings is 2. The van der Waals surface area contributed by atoms with E-state index in [-0.39, 0.29) is 24.2 Å². The lowest BCUT2D eigenvalue weighted by molar-refractivity contribution is 0.204. The maximum Gasteiger partial charge on any atom is 0.161 e. The zero-order chi connectivity index (χ0) is 21.6. The van der Waals surface area contributed by atoms with E-state index < -0.39 is 0 Å². The minimum absolute atomic E-state index is 0.0790. The number of para-hydroxylation sites is 2. The molecule has 0 N–H and O–H groups in total. The summed E-state index contributed by atoms with van der Waals surface area (Å²) in [6, 6.07) is 17.4. The summed E-state index contributed by atoms with van der Waals surface area (Å²) in [5.41, 5.74) is 7.21. The average Bonchev–Trinajstić information content (AvgIpc) is 3.32. The lowest BCUT2D eigenvalue weighted by Crippen LogP contribution is -2.58. The topological polar surface area (TPSA) is 38.7 Å². The molecule has 0 saturated carbocycles. The lowest BCUT2D eigenvalue weighted by atomic mass is 9.72.